The molecule has 1 aromatic carbocycles. The van der Waals surface area contributed by atoms with Gasteiger partial charge in [0.2, 0.25) is 0 Å². The smallest absolute Gasteiger partial charge is 0.317 e. The highest BCUT2D eigenvalue weighted by Crippen LogP contribution is 2.20. The predicted octanol–water partition coefficient (Wildman–Crippen LogP) is 2.35. The summed E-state index contributed by atoms with van der Waals surface area (Å²) in [6.07, 6.45) is 0.408. The van der Waals surface area contributed by atoms with Crippen molar-refractivity contribution in [3.63, 3.8) is 0 Å². The number of hydrogen-bond donors (Lipinski definition) is 2. The van der Waals surface area contributed by atoms with Gasteiger partial charge in [-0.15, -0.1) is 11.3 Å². The highest BCUT2D eigenvalue weighted by molar-refractivity contribution is 7.10. The van der Waals surface area contributed by atoms with Gasteiger partial charge < -0.3 is 15.3 Å². The van der Waals surface area contributed by atoms with E-state index in [9.17, 15) is 9.90 Å². The minimum atomic E-state index is -0.439. The Morgan fingerprint density at radius 3 is 2.56 bits per heavy atom. The second-order valence-electron chi connectivity index (χ2n) is 6.29. The molecule has 2 amide bonds. The molecule has 1 atom stereocenters. The molecule has 6 heteroatoms. The summed E-state index contributed by atoms with van der Waals surface area (Å²) in [5, 5.41) is 15.2. The molecule has 2 aromatic rings. The van der Waals surface area contributed by atoms with Crippen molar-refractivity contribution in [1.29, 1.82) is 0 Å². The summed E-state index contributed by atoms with van der Waals surface area (Å²) in [6, 6.07) is 14.1. The van der Waals surface area contributed by atoms with Crippen molar-refractivity contribution in [2.24, 2.45) is 0 Å². The number of carbonyl (C=O) groups excluding carboxylic acids is 1. The lowest BCUT2D eigenvalue weighted by atomic mass is 10.1. The average Bonchev–Trinajstić information content (AvgIpc) is 3.18. The minimum absolute atomic E-state index is 0.00869. The van der Waals surface area contributed by atoms with Gasteiger partial charge in [0.05, 0.1) is 0 Å². The summed E-state index contributed by atoms with van der Waals surface area (Å²) in [6.45, 7) is 4.29. The molecule has 0 saturated carbocycles. The molecule has 0 unspecified atom stereocenters. The first kappa shape index (κ1) is 17.9. The van der Waals surface area contributed by atoms with Gasteiger partial charge in [-0.25, -0.2) is 4.79 Å². The van der Waals surface area contributed by atoms with E-state index in [4.69, 9.17) is 0 Å². The Morgan fingerprint density at radius 2 is 1.88 bits per heavy atom. The standard InChI is InChI=1S/C19H25N3O2S/c23-17(18-7-4-14-25-18)15-21-10-12-22(13-11-21)19(24)20-9-8-16-5-2-1-3-6-16/h1-7,14,17,23H,8-13,15H2,(H,20,24)/t17-/m1/s1. The lowest BCUT2D eigenvalue weighted by Gasteiger charge is -2.35. The van der Waals surface area contributed by atoms with Crippen LogP contribution < -0.4 is 5.32 Å². The maximum Gasteiger partial charge on any atom is 0.317 e. The summed E-state index contributed by atoms with van der Waals surface area (Å²) < 4.78 is 0. The van der Waals surface area contributed by atoms with Gasteiger partial charge in [-0.05, 0) is 23.4 Å². The van der Waals surface area contributed by atoms with Gasteiger partial charge in [0, 0.05) is 44.1 Å². The number of piperazine rings is 1. The highest BCUT2D eigenvalue weighted by Gasteiger charge is 2.22. The summed E-state index contributed by atoms with van der Waals surface area (Å²) >= 11 is 1.58. The van der Waals surface area contributed by atoms with Crippen molar-refractivity contribution >= 4 is 17.4 Å². The molecule has 2 heterocycles. The molecule has 1 saturated heterocycles. The summed E-state index contributed by atoms with van der Waals surface area (Å²) in [5.74, 6) is 0. The maximum absolute atomic E-state index is 12.3. The van der Waals surface area contributed by atoms with Crippen LogP contribution in [0.1, 0.15) is 16.5 Å². The fourth-order valence-electron chi connectivity index (χ4n) is 3.02. The Labute approximate surface area is 152 Å². The number of amides is 2. The molecule has 0 spiro atoms. The first-order valence-corrected chi connectivity index (χ1v) is 9.61. The molecule has 0 radical (unpaired) electrons. The molecule has 1 aliphatic rings. The Hall–Kier alpha value is -1.89. The van der Waals surface area contributed by atoms with Crippen LogP contribution in [0.15, 0.2) is 47.8 Å². The Morgan fingerprint density at radius 1 is 1.12 bits per heavy atom. The van der Waals surface area contributed by atoms with E-state index in [1.165, 1.54) is 5.56 Å². The molecular weight excluding hydrogens is 334 g/mol. The summed E-state index contributed by atoms with van der Waals surface area (Å²) in [5.41, 5.74) is 1.23. The fourth-order valence-corrected chi connectivity index (χ4v) is 3.72. The number of nitrogens with zero attached hydrogens (tertiary/aromatic N) is 2. The van der Waals surface area contributed by atoms with Crippen LogP contribution in [0.3, 0.4) is 0 Å². The largest absolute Gasteiger partial charge is 0.386 e. The van der Waals surface area contributed by atoms with E-state index in [0.717, 1.165) is 24.4 Å². The van der Waals surface area contributed by atoms with Crippen LogP contribution in [0.25, 0.3) is 0 Å². The van der Waals surface area contributed by atoms with Crippen LogP contribution >= 0.6 is 11.3 Å². The number of aliphatic hydroxyl groups is 1. The third-order valence-corrected chi connectivity index (χ3v) is 5.47. The van der Waals surface area contributed by atoms with Crippen molar-refractivity contribution in [3.8, 4) is 0 Å². The number of nitrogens with one attached hydrogen (secondary N) is 1. The lowest BCUT2D eigenvalue weighted by Crippen LogP contribution is -2.52. The third kappa shape index (κ3) is 5.29. The molecule has 25 heavy (non-hydrogen) atoms. The number of urea groups is 1. The second kappa shape index (κ2) is 8.99. The SMILES string of the molecule is O=C(NCCc1ccccc1)N1CCN(C[C@@H](O)c2cccs2)CC1. The topological polar surface area (TPSA) is 55.8 Å². The van der Waals surface area contributed by atoms with Crippen LogP contribution in [0.4, 0.5) is 4.79 Å². The third-order valence-electron chi connectivity index (χ3n) is 4.49. The number of hydrogen-bond acceptors (Lipinski definition) is 4. The van der Waals surface area contributed by atoms with Crippen LogP contribution in [-0.2, 0) is 6.42 Å². The number of thiophene rings is 1. The Kier molecular flexibility index (Phi) is 6.44. The van der Waals surface area contributed by atoms with Gasteiger partial charge in [-0.2, -0.15) is 0 Å². The summed E-state index contributed by atoms with van der Waals surface area (Å²) in [7, 11) is 0. The molecule has 1 fully saturated rings. The van der Waals surface area contributed by atoms with Crippen LogP contribution in [0.5, 0.6) is 0 Å². The molecule has 3 rings (SSSR count). The first-order chi connectivity index (χ1) is 12.2. The van der Waals surface area contributed by atoms with Gasteiger partial charge in [-0.3, -0.25) is 4.90 Å². The lowest BCUT2D eigenvalue weighted by molar-refractivity contribution is 0.0827. The Bertz CT molecular complexity index is 640. The molecule has 0 bridgehead atoms. The normalized spacial score (nSPS) is 16.6. The number of benzene rings is 1. The second-order valence-corrected chi connectivity index (χ2v) is 7.27. The van der Waals surface area contributed by atoms with Crippen LogP contribution in [-0.4, -0.2) is 60.2 Å². The maximum atomic E-state index is 12.3. The average molecular weight is 359 g/mol. The minimum Gasteiger partial charge on any atom is -0.386 e. The number of aliphatic hydroxyl groups excluding tert-OH is 1. The van der Waals surface area contributed by atoms with Gasteiger partial charge in [-0.1, -0.05) is 36.4 Å². The molecule has 5 nitrogen and oxygen atoms in total. The zero-order chi connectivity index (χ0) is 17.5. The number of rotatable bonds is 6. The van der Waals surface area contributed by atoms with E-state index < -0.39 is 6.10 Å². The predicted molar refractivity (Wildman–Crippen MR) is 101 cm³/mol. The zero-order valence-electron chi connectivity index (χ0n) is 14.3. The first-order valence-electron chi connectivity index (χ1n) is 8.73. The molecule has 1 aromatic heterocycles. The molecule has 134 valence electrons. The van der Waals surface area contributed by atoms with E-state index in [1.807, 2.05) is 40.6 Å². The van der Waals surface area contributed by atoms with Crippen molar-refractivity contribution < 1.29 is 9.90 Å². The van der Waals surface area contributed by atoms with Crippen molar-refractivity contribution in [2.75, 3.05) is 39.3 Å². The van der Waals surface area contributed by atoms with E-state index in [2.05, 4.69) is 22.3 Å². The fraction of sp³-hybridized carbons (Fsp3) is 0.421. The van der Waals surface area contributed by atoms with E-state index in [-0.39, 0.29) is 6.03 Å². The van der Waals surface area contributed by atoms with Crippen molar-refractivity contribution in [2.45, 2.75) is 12.5 Å². The van der Waals surface area contributed by atoms with Crippen molar-refractivity contribution in [3.05, 3.63) is 58.3 Å². The number of carbonyl (C=O) groups is 1. The highest BCUT2D eigenvalue weighted by atomic mass is 32.1. The molecule has 1 aliphatic heterocycles. The number of β-amino-alcohol motifs (C(OH)–C–C–N with tert-alkyl or cyclic N) is 1. The Balaban J connectivity index is 1.36. The van der Waals surface area contributed by atoms with E-state index >= 15 is 0 Å². The summed E-state index contributed by atoms with van der Waals surface area (Å²) in [4.78, 5) is 17.3. The molecule has 0 aliphatic carbocycles. The van der Waals surface area contributed by atoms with Gasteiger partial charge in [0.15, 0.2) is 0 Å². The van der Waals surface area contributed by atoms with E-state index in [0.29, 0.717) is 26.2 Å². The quantitative estimate of drug-likeness (QED) is 0.832. The van der Waals surface area contributed by atoms with Gasteiger partial charge in [0.1, 0.15) is 6.10 Å². The van der Waals surface area contributed by atoms with E-state index in [1.54, 1.807) is 11.3 Å². The zero-order valence-corrected chi connectivity index (χ0v) is 15.1. The molecular formula is C19H25N3O2S. The van der Waals surface area contributed by atoms with Gasteiger partial charge in [0.25, 0.3) is 0 Å². The van der Waals surface area contributed by atoms with Crippen molar-refractivity contribution in [1.82, 2.24) is 15.1 Å². The van der Waals surface area contributed by atoms with Crippen LogP contribution in [0, 0.1) is 0 Å². The van der Waals surface area contributed by atoms with Crippen LogP contribution in [0.2, 0.25) is 0 Å². The molecule has 2 N–H and O–H groups in total. The monoisotopic (exact) mass is 359 g/mol. The van der Waals surface area contributed by atoms with Gasteiger partial charge >= 0.3 is 6.03 Å².